The van der Waals surface area contributed by atoms with Crippen molar-refractivity contribution in [3.05, 3.63) is 82.0 Å². The highest BCUT2D eigenvalue weighted by Crippen LogP contribution is 2.36. The summed E-state index contributed by atoms with van der Waals surface area (Å²) >= 11 is 1.53. The van der Waals surface area contributed by atoms with Gasteiger partial charge in [-0.25, -0.2) is 0 Å². The number of carbonyl (C=O) groups is 2. The summed E-state index contributed by atoms with van der Waals surface area (Å²) in [5.74, 6) is -0.166. The van der Waals surface area contributed by atoms with Crippen LogP contribution in [0.5, 0.6) is 0 Å². The summed E-state index contributed by atoms with van der Waals surface area (Å²) in [6, 6.07) is 16.7. The van der Waals surface area contributed by atoms with Crippen LogP contribution in [0.3, 0.4) is 0 Å². The highest BCUT2D eigenvalue weighted by atomic mass is 32.1. The molecule has 0 bridgehead atoms. The van der Waals surface area contributed by atoms with Crippen LogP contribution in [-0.2, 0) is 9.59 Å². The topological polar surface area (TPSA) is 40.6 Å². The number of nitrogens with zero attached hydrogens (tertiary/aromatic N) is 2. The van der Waals surface area contributed by atoms with Crippen molar-refractivity contribution in [2.75, 3.05) is 16.3 Å². The van der Waals surface area contributed by atoms with Gasteiger partial charge in [0.25, 0.3) is 5.91 Å². The number of benzene rings is 2. The van der Waals surface area contributed by atoms with Gasteiger partial charge >= 0.3 is 0 Å². The van der Waals surface area contributed by atoms with Crippen molar-refractivity contribution in [3.8, 4) is 0 Å². The van der Waals surface area contributed by atoms with Crippen LogP contribution in [0.1, 0.15) is 22.7 Å². The van der Waals surface area contributed by atoms with E-state index in [2.05, 4.69) is 0 Å². The monoisotopic (exact) mass is 376 g/mol. The molecule has 1 aromatic heterocycles. The fraction of sp³-hybridized carbons (Fsp3) is 0.182. The van der Waals surface area contributed by atoms with Gasteiger partial charge in [-0.2, -0.15) is 11.3 Å². The molecule has 1 aliphatic rings. The third-order valence-corrected chi connectivity index (χ3v) is 5.60. The van der Waals surface area contributed by atoms with Gasteiger partial charge in [-0.15, -0.1) is 0 Å². The molecule has 1 atom stereocenters. The first-order valence-corrected chi connectivity index (χ1v) is 9.78. The SMILES string of the molecule is Cc1ccc(N2C(=O)CN(c3ccccc3C)C(=O)C2c2ccsc2)cc1. The second kappa shape index (κ2) is 7.00. The molecule has 3 aromatic rings. The van der Waals surface area contributed by atoms with Crippen LogP contribution in [-0.4, -0.2) is 18.4 Å². The predicted molar refractivity (Wildman–Crippen MR) is 109 cm³/mol. The number of para-hydroxylation sites is 1. The molecule has 0 saturated carbocycles. The molecule has 2 amide bonds. The summed E-state index contributed by atoms with van der Waals surface area (Å²) in [6.07, 6.45) is 0. The third-order valence-electron chi connectivity index (χ3n) is 4.90. The normalized spacial score (nSPS) is 17.5. The number of amides is 2. The smallest absolute Gasteiger partial charge is 0.255 e. The van der Waals surface area contributed by atoms with Crippen molar-refractivity contribution in [2.24, 2.45) is 0 Å². The van der Waals surface area contributed by atoms with Crippen LogP contribution in [0.2, 0.25) is 0 Å². The highest BCUT2D eigenvalue weighted by molar-refractivity contribution is 7.08. The summed E-state index contributed by atoms with van der Waals surface area (Å²) in [4.78, 5) is 29.9. The first-order valence-electron chi connectivity index (χ1n) is 8.84. The molecule has 27 heavy (non-hydrogen) atoms. The Morgan fingerprint density at radius 1 is 0.963 bits per heavy atom. The Morgan fingerprint density at radius 3 is 2.37 bits per heavy atom. The Bertz CT molecular complexity index is 980. The second-order valence-corrected chi connectivity index (χ2v) is 7.55. The highest BCUT2D eigenvalue weighted by Gasteiger charge is 2.42. The van der Waals surface area contributed by atoms with Gasteiger partial charge in [0.1, 0.15) is 12.6 Å². The number of anilines is 2. The lowest BCUT2D eigenvalue weighted by Gasteiger charge is -2.40. The minimum atomic E-state index is -0.653. The van der Waals surface area contributed by atoms with E-state index >= 15 is 0 Å². The van der Waals surface area contributed by atoms with Gasteiger partial charge in [0.05, 0.1) is 0 Å². The molecule has 4 rings (SSSR count). The first-order chi connectivity index (χ1) is 13.1. The number of rotatable bonds is 3. The predicted octanol–water partition coefficient (Wildman–Crippen LogP) is 4.49. The molecule has 1 aliphatic heterocycles. The Labute approximate surface area is 162 Å². The number of piperazine rings is 1. The number of thiophene rings is 1. The summed E-state index contributed by atoms with van der Waals surface area (Å²) in [7, 11) is 0. The van der Waals surface area contributed by atoms with Crippen LogP contribution >= 0.6 is 11.3 Å². The van der Waals surface area contributed by atoms with Crippen molar-refractivity contribution in [3.63, 3.8) is 0 Å². The van der Waals surface area contributed by atoms with Gasteiger partial charge in [0.15, 0.2) is 0 Å². The van der Waals surface area contributed by atoms with Gasteiger partial charge in [-0.3, -0.25) is 14.5 Å². The Kier molecular flexibility index (Phi) is 4.54. The van der Waals surface area contributed by atoms with Crippen LogP contribution in [0.4, 0.5) is 11.4 Å². The molecule has 1 unspecified atom stereocenters. The van der Waals surface area contributed by atoms with Crippen molar-refractivity contribution >= 4 is 34.5 Å². The number of hydrogen-bond acceptors (Lipinski definition) is 3. The lowest BCUT2D eigenvalue weighted by Crippen LogP contribution is -2.56. The lowest BCUT2D eigenvalue weighted by atomic mass is 10.0. The summed E-state index contributed by atoms with van der Waals surface area (Å²) < 4.78 is 0. The van der Waals surface area contributed by atoms with Crippen LogP contribution in [0, 0.1) is 13.8 Å². The lowest BCUT2D eigenvalue weighted by molar-refractivity contribution is -0.128. The van der Waals surface area contributed by atoms with E-state index in [-0.39, 0.29) is 18.4 Å². The molecule has 1 saturated heterocycles. The third kappa shape index (κ3) is 3.15. The van der Waals surface area contributed by atoms with Crippen molar-refractivity contribution < 1.29 is 9.59 Å². The zero-order valence-electron chi connectivity index (χ0n) is 15.3. The van der Waals surface area contributed by atoms with Crippen molar-refractivity contribution in [1.82, 2.24) is 0 Å². The molecule has 136 valence electrons. The average molecular weight is 376 g/mol. The number of hydrogen-bond donors (Lipinski definition) is 0. The summed E-state index contributed by atoms with van der Waals surface area (Å²) in [6.45, 7) is 4.00. The number of aryl methyl sites for hydroxylation is 2. The van der Waals surface area contributed by atoms with Gasteiger partial charge in [-0.1, -0.05) is 35.9 Å². The van der Waals surface area contributed by atoms with E-state index < -0.39 is 6.04 Å². The van der Waals surface area contributed by atoms with Gasteiger partial charge in [0.2, 0.25) is 5.91 Å². The molecule has 5 heteroatoms. The molecular weight excluding hydrogens is 356 g/mol. The summed E-state index contributed by atoms with van der Waals surface area (Å²) in [5.41, 5.74) is 4.48. The zero-order valence-corrected chi connectivity index (χ0v) is 16.1. The number of carbonyl (C=O) groups excluding carboxylic acids is 2. The Balaban J connectivity index is 1.80. The van der Waals surface area contributed by atoms with E-state index in [0.29, 0.717) is 0 Å². The van der Waals surface area contributed by atoms with Crippen molar-refractivity contribution in [1.29, 1.82) is 0 Å². The zero-order chi connectivity index (χ0) is 19.0. The molecule has 0 N–H and O–H groups in total. The van der Waals surface area contributed by atoms with E-state index in [1.807, 2.05) is 79.2 Å². The minimum Gasteiger partial charge on any atom is -0.301 e. The van der Waals surface area contributed by atoms with Crippen LogP contribution < -0.4 is 9.80 Å². The minimum absolute atomic E-state index is 0.0399. The maximum absolute atomic E-state index is 13.5. The second-order valence-electron chi connectivity index (χ2n) is 6.77. The fourth-order valence-electron chi connectivity index (χ4n) is 3.48. The van der Waals surface area contributed by atoms with Gasteiger partial charge in [-0.05, 0) is 60.0 Å². The standard InChI is InChI=1S/C22H20N2O2S/c1-15-7-9-18(10-8-15)24-20(25)13-23(19-6-4-3-5-16(19)2)22(26)21(24)17-11-12-27-14-17/h3-12,14,21H,13H2,1-2H3. The molecule has 0 spiro atoms. The molecule has 0 aliphatic carbocycles. The van der Waals surface area contributed by atoms with Gasteiger partial charge < -0.3 is 4.90 Å². The molecule has 4 nitrogen and oxygen atoms in total. The van der Waals surface area contributed by atoms with E-state index in [1.54, 1.807) is 9.80 Å². The molecule has 0 radical (unpaired) electrons. The quantitative estimate of drug-likeness (QED) is 0.676. The maximum Gasteiger partial charge on any atom is 0.255 e. The van der Waals surface area contributed by atoms with E-state index in [1.165, 1.54) is 11.3 Å². The largest absolute Gasteiger partial charge is 0.301 e. The molecule has 2 aromatic carbocycles. The molecule has 2 heterocycles. The van der Waals surface area contributed by atoms with E-state index in [4.69, 9.17) is 0 Å². The van der Waals surface area contributed by atoms with Crippen LogP contribution in [0.15, 0.2) is 65.4 Å². The van der Waals surface area contributed by atoms with Gasteiger partial charge in [0, 0.05) is 11.4 Å². The molecular formula is C22H20N2O2S. The fourth-order valence-corrected chi connectivity index (χ4v) is 4.16. The van der Waals surface area contributed by atoms with E-state index in [0.717, 1.165) is 28.1 Å². The van der Waals surface area contributed by atoms with Crippen molar-refractivity contribution in [2.45, 2.75) is 19.9 Å². The Hall–Kier alpha value is -2.92. The summed E-state index contributed by atoms with van der Waals surface area (Å²) in [5, 5.41) is 3.88. The maximum atomic E-state index is 13.5. The average Bonchev–Trinajstić information content (AvgIpc) is 3.19. The molecule has 1 fully saturated rings. The first kappa shape index (κ1) is 17.5. The van der Waals surface area contributed by atoms with E-state index in [9.17, 15) is 9.59 Å². The van der Waals surface area contributed by atoms with Crippen LogP contribution in [0.25, 0.3) is 0 Å². The Morgan fingerprint density at radius 2 is 1.70 bits per heavy atom.